The second-order valence-electron chi connectivity index (χ2n) is 4.23. The fourth-order valence-corrected chi connectivity index (χ4v) is 1.91. The number of halogens is 3. The highest BCUT2D eigenvalue weighted by atomic mass is 35.5. The van der Waals surface area contributed by atoms with Gasteiger partial charge in [-0.3, -0.25) is 4.79 Å². The van der Waals surface area contributed by atoms with Gasteiger partial charge in [0.1, 0.15) is 11.6 Å². The lowest BCUT2D eigenvalue weighted by Crippen LogP contribution is -2.30. The van der Waals surface area contributed by atoms with E-state index in [1.165, 1.54) is 0 Å². The Morgan fingerprint density at radius 3 is 2.56 bits per heavy atom. The molecule has 1 aliphatic heterocycles. The number of benzene rings is 1. The van der Waals surface area contributed by atoms with Crippen LogP contribution in [-0.4, -0.2) is 25.5 Å². The summed E-state index contributed by atoms with van der Waals surface area (Å²) in [4.78, 5) is 11.6. The molecule has 1 aliphatic rings. The van der Waals surface area contributed by atoms with Crippen LogP contribution in [0.1, 0.15) is 16.8 Å². The van der Waals surface area contributed by atoms with Crippen LogP contribution in [0.4, 0.5) is 8.78 Å². The van der Waals surface area contributed by atoms with Gasteiger partial charge in [-0.1, -0.05) is 0 Å². The molecule has 1 aromatic carbocycles. The van der Waals surface area contributed by atoms with Crippen molar-refractivity contribution < 1.29 is 13.6 Å². The Kier molecular flexibility index (Phi) is 5.50. The van der Waals surface area contributed by atoms with E-state index in [0.717, 1.165) is 37.7 Å². The summed E-state index contributed by atoms with van der Waals surface area (Å²) in [5, 5.41) is 5.87. The minimum Gasteiger partial charge on any atom is -0.352 e. The summed E-state index contributed by atoms with van der Waals surface area (Å²) in [6.07, 6.45) is 1.01. The topological polar surface area (TPSA) is 41.1 Å². The first-order chi connectivity index (χ1) is 8.15. The van der Waals surface area contributed by atoms with E-state index in [2.05, 4.69) is 10.6 Å². The Bertz CT molecular complexity index is 402. The number of rotatable bonds is 3. The monoisotopic (exact) mass is 276 g/mol. The van der Waals surface area contributed by atoms with Crippen LogP contribution >= 0.6 is 12.4 Å². The number of amides is 1. The largest absolute Gasteiger partial charge is 0.352 e. The fraction of sp³-hybridized carbons (Fsp3) is 0.417. The van der Waals surface area contributed by atoms with Crippen LogP contribution in [0.3, 0.4) is 0 Å². The van der Waals surface area contributed by atoms with Crippen molar-refractivity contribution >= 4 is 18.3 Å². The third-order valence-corrected chi connectivity index (χ3v) is 2.84. The summed E-state index contributed by atoms with van der Waals surface area (Å²) in [7, 11) is 0. The van der Waals surface area contributed by atoms with E-state index in [4.69, 9.17) is 0 Å². The smallest absolute Gasteiger partial charge is 0.251 e. The summed E-state index contributed by atoms with van der Waals surface area (Å²) < 4.78 is 25.8. The van der Waals surface area contributed by atoms with E-state index in [1.807, 2.05) is 0 Å². The summed E-state index contributed by atoms with van der Waals surface area (Å²) in [5.74, 6) is -1.51. The lowest BCUT2D eigenvalue weighted by atomic mass is 10.1. The van der Waals surface area contributed by atoms with E-state index < -0.39 is 17.5 Å². The number of carbonyl (C=O) groups excluding carboxylic acids is 1. The first-order valence-corrected chi connectivity index (χ1v) is 5.60. The second-order valence-corrected chi connectivity index (χ2v) is 4.23. The van der Waals surface area contributed by atoms with Crippen molar-refractivity contribution in [1.82, 2.24) is 10.6 Å². The number of hydrogen-bond donors (Lipinski definition) is 2. The van der Waals surface area contributed by atoms with Crippen LogP contribution in [0.5, 0.6) is 0 Å². The van der Waals surface area contributed by atoms with Crippen molar-refractivity contribution in [1.29, 1.82) is 0 Å². The molecule has 1 fully saturated rings. The average molecular weight is 277 g/mol. The minimum atomic E-state index is -0.738. The Hall–Kier alpha value is -1.20. The lowest BCUT2D eigenvalue weighted by Gasteiger charge is -2.10. The number of carbonyl (C=O) groups is 1. The third-order valence-electron chi connectivity index (χ3n) is 2.84. The highest BCUT2D eigenvalue weighted by molar-refractivity contribution is 5.94. The van der Waals surface area contributed by atoms with E-state index in [-0.39, 0.29) is 18.0 Å². The van der Waals surface area contributed by atoms with Gasteiger partial charge < -0.3 is 10.6 Å². The quantitative estimate of drug-likeness (QED) is 0.883. The van der Waals surface area contributed by atoms with E-state index in [0.29, 0.717) is 12.5 Å². The van der Waals surface area contributed by atoms with Gasteiger partial charge in [0, 0.05) is 18.2 Å². The van der Waals surface area contributed by atoms with Crippen LogP contribution in [0.2, 0.25) is 0 Å². The maximum absolute atomic E-state index is 12.9. The zero-order valence-corrected chi connectivity index (χ0v) is 10.5. The molecule has 1 saturated heterocycles. The van der Waals surface area contributed by atoms with Gasteiger partial charge in [-0.05, 0) is 37.6 Å². The van der Waals surface area contributed by atoms with Crippen LogP contribution in [0.25, 0.3) is 0 Å². The second kappa shape index (κ2) is 6.66. The van der Waals surface area contributed by atoms with Crippen molar-refractivity contribution in [2.45, 2.75) is 6.42 Å². The van der Waals surface area contributed by atoms with E-state index in [9.17, 15) is 13.6 Å². The molecule has 1 amide bonds. The van der Waals surface area contributed by atoms with Gasteiger partial charge in [0.05, 0.1) is 0 Å². The fourth-order valence-electron chi connectivity index (χ4n) is 1.91. The Morgan fingerprint density at radius 2 is 2.00 bits per heavy atom. The van der Waals surface area contributed by atoms with Crippen molar-refractivity contribution in [3.05, 3.63) is 35.4 Å². The molecule has 0 aromatic heterocycles. The van der Waals surface area contributed by atoms with Crippen molar-refractivity contribution in [2.75, 3.05) is 19.6 Å². The number of nitrogens with one attached hydrogen (secondary N) is 2. The van der Waals surface area contributed by atoms with Crippen molar-refractivity contribution in [2.24, 2.45) is 5.92 Å². The average Bonchev–Trinajstić information content (AvgIpc) is 2.77. The van der Waals surface area contributed by atoms with Gasteiger partial charge in [-0.2, -0.15) is 0 Å². The molecular weight excluding hydrogens is 262 g/mol. The molecule has 2 N–H and O–H groups in total. The summed E-state index contributed by atoms with van der Waals surface area (Å²) in [6, 6.07) is 2.81. The lowest BCUT2D eigenvalue weighted by molar-refractivity contribution is 0.0947. The molecule has 1 atom stereocenters. The molecule has 100 valence electrons. The highest BCUT2D eigenvalue weighted by Crippen LogP contribution is 2.09. The summed E-state index contributed by atoms with van der Waals surface area (Å²) >= 11 is 0. The van der Waals surface area contributed by atoms with Gasteiger partial charge in [-0.25, -0.2) is 8.78 Å². The summed E-state index contributed by atoms with van der Waals surface area (Å²) in [5.41, 5.74) is 0.0217. The first-order valence-electron chi connectivity index (χ1n) is 5.60. The Morgan fingerprint density at radius 1 is 1.33 bits per heavy atom. The number of hydrogen-bond acceptors (Lipinski definition) is 2. The molecule has 0 radical (unpaired) electrons. The van der Waals surface area contributed by atoms with Crippen molar-refractivity contribution in [3.8, 4) is 0 Å². The molecule has 1 unspecified atom stereocenters. The molecule has 2 rings (SSSR count). The van der Waals surface area contributed by atoms with E-state index >= 15 is 0 Å². The maximum atomic E-state index is 12.9. The van der Waals surface area contributed by atoms with Gasteiger partial charge in [0.2, 0.25) is 0 Å². The van der Waals surface area contributed by atoms with E-state index in [1.54, 1.807) is 0 Å². The molecular formula is C12H15ClF2N2O. The SMILES string of the molecule is Cl.O=C(NCC1CCNC1)c1cc(F)cc(F)c1. The van der Waals surface area contributed by atoms with Crippen molar-refractivity contribution in [3.63, 3.8) is 0 Å². The van der Waals surface area contributed by atoms with Crippen LogP contribution in [0, 0.1) is 17.6 Å². The predicted octanol–water partition coefficient (Wildman–Crippen LogP) is 1.73. The Balaban J connectivity index is 0.00000162. The molecule has 0 bridgehead atoms. The predicted molar refractivity (Wildman–Crippen MR) is 66.9 cm³/mol. The van der Waals surface area contributed by atoms with Crippen LogP contribution < -0.4 is 10.6 Å². The zero-order chi connectivity index (χ0) is 12.3. The van der Waals surface area contributed by atoms with Gasteiger partial charge in [0.15, 0.2) is 0 Å². The highest BCUT2D eigenvalue weighted by Gasteiger charge is 2.16. The molecule has 18 heavy (non-hydrogen) atoms. The van der Waals surface area contributed by atoms with Gasteiger partial charge in [0.25, 0.3) is 5.91 Å². The molecule has 0 aliphatic carbocycles. The molecule has 0 saturated carbocycles. The standard InChI is InChI=1S/C12H14F2N2O.ClH/c13-10-3-9(4-11(14)5-10)12(17)16-7-8-1-2-15-6-8;/h3-5,8,15H,1-2,6-7H2,(H,16,17);1H. The normalized spacial score (nSPS) is 18.2. The Labute approximate surface area is 110 Å². The minimum absolute atomic E-state index is 0. The van der Waals surface area contributed by atoms with Crippen LogP contribution in [-0.2, 0) is 0 Å². The van der Waals surface area contributed by atoms with Gasteiger partial charge >= 0.3 is 0 Å². The zero-order valence-electron chi connectivity index (χ0n) is 9.71. The summed E-state index contributed by atoms with van der Waals surface area (Å²) in [6.45, 7) is 2.36. The molecule has 6 heteroatoms. The molecule has 1 heterocycles. The molecule has 0 spiro atoms. The third kappa shape index (κ3) is 3.92. The molecule has 3 nitrogen and oxygen atoms in total. The molecule has 1 aromatic rings. The maximum Gasteiger partial charge on any atom is 0.251 e. The first kappa shape index (κ1) is 14.9. The van der Waals surface area contributed by atoms with Gasteiger partial charge in [-0.15, -0.1) is 12.4 Å². The van der Waals surface area contributed by atoms with Crippen LogP contribution in [0.15, 0.2) is 18.2 Å².